The molecule has 0 saturated heterocycles. The Hall–Kier alpha value is -0.880. The van der Waals surface area contributed by atoms with Gasteiger partial charge in [-0.1, -0.05) is 15.9 Å². The fourth-order valence-electron chi connectivity index (χ4n) is 1.57. The van der Waals surface area contributed by atoms with Crippen LogP contribution in [0.5, 0.6) is 0 Å². The predicted octanol–water partition coefficient (Wildman–Crippen LogP) is 4.86. The van der Waals surface area contributed by atoms with Crippen molar-refractivity contribution in [1.82, 2.24) is 0 Å². The third kappa shape index (κ3) is 4.59. The van der Waals surface area contributed by atoms with Crippen LogP contribution in [0.2, 0.25) is 0 Å². The molecule has 0 aliphatic rings. The summed E-state index contributed by atoms with van der Waals surface area (Å²) < 4.78 is 43.5. The molecule has 0 unspecified atom stereocenters. The van der Waals surface area contributed by atoms with E-state index in [9.17, 15) is 18.0 Å². The van der Waals surface area contributed by atoms with Crippen molar-refractivity contribution < 1.29 is 22.7 Å². The normalized spacial score (nSPS) is 12.6. The van der Waals surface area contributed by atoms with Gasteiger partial charge in [-0.05, 0) is 38.5 Å². The number of hydrogen-bond donors (Lipinski definition) is 0. The van der Waals surface area contributed by atoms with E-state index in [0.29, 0.717) is 10.9 Å². The van der Waals surface area contributed by atoms with Gasteiger partial charge in [0, 0.05) is 23.6 Å². The van der Waals surface area contributed by atoms with Gasteiger partial charge in [-0.15, -0.1) is 0 Å². The Kier molecular flexibility index (Phi) is 5.38. The molecule has 0 bridgehead atoms. The molecule has 2 nitrogen and oxygen atoms in total. The van der Waals surface area contributed by atoms with Crippen molar-refractivity contribution in [3.63, 3.8) is 0 Å². The maximum absolute atomic E-state index is 12.6. The van der Waals surface area contributed by atoms with Gasteiger partial charge in [0.1, 0.15) is 0 Å². The van der Waals surface area contributed by atoms with E-state index in [2.05, 4.69) is 15.9 Å². The third-order valence-corrected chi connectivity index (χ3v) is 3.79. The first-order valence-electron chi connectivity index (χ1n) is 6.02. The number of Topliss-reactive ketones (excluding diaryl/α,β-unsaturated/α-hetero) is 1. The summed E-state index contributed by atoms with van der Waals surface area (Å²) in [6.07, 6.45) is -3.90. The summed E-state index contributed by atoms with van der Waals surface area (Å²) in [7, 11) is 1.53. The Morgan fingerprint density at radius 3 is 2.40 bits per heavy atom. The van der Waals surface area contributed by atoms with Crippen molar-refractivity contribution in [3.05, 3.63) is 33.8 Å². The number of rotatable bonds is 5. The van der Waals surface area contributed by atoms with E-state index in [1.165, 1.54) is 13.2 Å². The van der Waals surface area contributed by atoms with Gasteiger partial charge in [0.25, 0.3) is 0 Å². The molecule has 6 heteroatoms. The minimum atomic E-state index is -4.46. The Morgan fingerprint density at radius 2 is 1.90 bits per heavy atom. The van der Waals surface area contributed by atoms with Crippen molar-refractivity contribution in [1.29, 1.82) is 0 Å². The smallest absolute Gasteiger partial charge is 0.379 e. The molecular weight excluding hydrogens is 337 g/mol. The molecule has 1 aromatic carbocycles. The highest BCUT2D eigenvalue weighted by Crippen LogP contribution is 2.32. The van der Waals surface area contributed by atoms with E-state index in [0.717, 1.165) is 12.1 Å². The molecule has 1 aromatic rings. The van der Waals surface area contributed by atoms with Crippen molar-refractivity contribution in [3.8, 4) is 0 Å². The van der Waals surface area contributed by atoms with Gasteiger partial charge in [0.15, 0.2) is 5.78 Å². The van der Waals surface area contributed by atoms with Gasteiger partial charge in [-0.25, -0.2) is 0 Å². The van der Waals surface area contributed by atoms with Gasteiger partial charge in [-0.3, -0.25) is 4.79 Å². The largest absolute Gasteiger partial charge is 0.416 e. The molecule has 20 heavy (non-hydrogen) atoms. The molecule has 0 fully saturated rings. The summed E-state index contributed by atoms with van der Waals surface area (Å²) in [5.74, 6) is -0.340. The van der Waals surface area contributed by atoms with Crippen LogP contribution in [0, 0.1) is 0 Å². The van der Waals surface area contributed by atoms with Gasteiger partial charge >= 0.3 is 6.18 Å². The number of benzene rings is 1. The lowest BCUT2D eigenvalue weighted by atomic mass is 9.97. The van der Waals surface area contributed by atoms with Crippen LogP contribution in [0.4, 0.5) is 13.2 Å². The van der Waals surface area contributed by atoms with E-state index in [-0.39, 0.29) is 17.8 Å². The zero-order valence-electron chi connectivity index (χ0n) is 11.5. The van der Waals surface area contributed by atoms with Crippen molar-refractivity contribution in [2.45, 2.75) is 38.5 Å². The maximum Gasteiger partial charge on any atom is 0.416 e. The van der Waals surface area contributed by atoms with E-state index >= 15 is 0 Å². The van der Waals surface area contributed by atoms with Crippen LogP contribution in [0.25, 0.3) is 0 Å². The SMILES string of the molecule is COC(C)(C)CCC(=O)c1cc(C(F)(F)F)ccc1Br. The average molecular weight is 353 g/mol. The van der Waals surface area contributed by atoms with Crippen LogP contribution in [0.1, 0.15) is 42.6 Å². The molecular formula is C14H16BrF3O2. The summed E-state index contributed by atoms with van der Waals surface area (Å²) in [5, 5.41) is 0. The monoisotopic (exact) mass is 352 g/mol. The van der Waals surface area contributed by atoms with Gasteiger partial charge in [0.2, 0.25) is 0 Å². The van der Waals surface area contributed by atoms with E-state index < -0.39 is 17.3 Å². The van der Waals surface area contributed by atoms with Gasteiger partial charge in [-0.2, -0.15) is 13.2 Å². The summed E-state index contributed by atoms with van der Waals surface area (Å²) in [5.41, 5.74) is -1.26. The Labute approximate surface area is 124 Å². The van der Waals surface area contributed by atoms with Gasteiger partial charge in [0.05, 0.1) is 11.2 Å². The Morgan fingerprint density at radius 1 is 1.30 bits per heavy atom. The topological polar surface area (TPSA) is 26.3 Å². The Balaban J connectivity index is 2.93. The fraction of sp³-hybridized carbons (Fsp3) is 0.500. The molecule has 0 aromatic heterocycles. The number of hydrogen-bond acceptors (Lipinski definition) is 2. The average Bonchev–Trinajstić information content (AvgIpc) is 2.35. The first-order chi connectivity index (χ1) is 9.07. The third-order valence-electron chi connectivity index (χ3n) is 3.10. The molecule has 0 radical (unpaired) electrons. The number of carbonyl (C=O) groups is 1. The van der Waals surface area contributed by atoms with Crippen LogP contribution >= 0.6 is 15.9 Å². The molecule has 0 atom stereocenters. The first-order valence-corrected chi connectivity index (χ1v) is 6.81. The van der Waals surface area contributed by atoms with Crippen molar-refractivity contribution in [2.75, 3.05) is 7.11 Å². The number of carbonyl (C=O) groups excluding carboxylic acids is 1. The van der Waals surface area contributed by atoms with Crippen molar-refractivity contribution >= 4 is 21.7 Å². The van der Waals surface area contributed by atoms with E-state index in [1.807, 2.05) is 13.8 Å². The zero-order chi connectivity index (χ0) is 15.6. The number of ether oxygens (including phenoxy) is 1. The molecule has 0 spiro atoms. The molecule has 0 saturated carbocycles. The Bertz CT molecular complexity index is 496. The molecule has 0 N–H and O–H groups in total. The number of alkyl halides is 3. The summed E-state index contributed by atoms with van der Waals surface area (Å²) in [4.78, 5) is 12.1. The van der Waals surface area contributed by atoms with Crippen LogP contribution in [0.15, 0.2) is 22.7 Å². The molecule has 0 aliphatic carbocycles. The summed E-state index contributed by atoms with van der Waals surface area (Å²) in [6, 6.07) is 3.07. The highest BCUT2D eigenvalue weighted by atomic mass is 79.9. The number of halogens is 4. The molecule has 0 amide bonds. The second-order valence-electron chi connectivity index (χ2n) is 5.08. The zero-order valence-corrected chi connectivity index (χ0v) is 13.1. The molecule has 1 rings (SSSR count). The number of ketones is 1. The lowest BCUT2D eigenvalue weighted by molar-refractivity contribution is -0.137. The van der Waals surface area contributed by atoms with Crippen LogP contribution in [0.3, 0.4) is 0 Å². The predicted molar refractivity (Wildman–Crippen MR) is 73.8 cm³/mol. The van der Waals surface area contributed by atoms with Crippen molar-refractivity contribution in [2.24, 2.45) is 0 Å². The highest BCUT2D eigenvalue weighted by molar-refractivity contribution is 9.10. The second kappa shape index (κ2) is 6.26. The first kappa shape index (κ1) is 17.2. The van der Waals surface area contributed by atoms with E-state index in [4.69, 9.17) is 4.74 Å². The second-order valence-corrected chi connectivity index (χ2v) is 5.93. The molecule has 0 aliphatic heterocycles. The maximum atomic E-state index is 12.6. The van der Waals surface area contributed by atoms with E-state index in [1.54, 1.807) is 0 Å². The lowest BCUT2D eigenvalue weighted by Crippen LogP contribution is -2.23. The van der Waals surface area contributed by atoms with Crippen LogP contribution in [-0.4, -0.2) is 18.5 Å². The summed E-state index contributed by atoms with van der Waals surface area (Å²) in [6.45, 7) is 3.64. The van der Waals surface area contributed by atoms with Crippen LogP contribution in [-0.2, 0) is 10.9 Å². The molecule has 0 heterocycles. The molecule has 112 valence electrons. The van der Waals surface area contributed by atoms with Crippen LogP contribution < -0.4 is 0 Å². The highest BCUT2D eigenvalue weighted by Gasteiger charge is 2.31. The lowest BCUT2D eigenvalue weighted by Gasteiger charge is -2.22. The fourth-order valence-corrected chi connectivity index (χ4v) is 2.03. The quantitative estimate of drug-likeness (QED) is 0.707. The van der Waals surface area contributed by atoms with Gasteiger partial charge < -0.3 is 4.74 Å². The minimum absolute atomic E-state index is 0.0479. The minimum Gasteiger partial charge on any atom is -0.379 e. The summed E-state index contributed by atoms with van der Waals surface area (Å²) >= 11 is 3.12. The standard InChI is InChI=1S/C14H16BrF3O2/c1-13(2,20-3)7-6-12(19)10-8-9(14(16,17)18)4-5-11(10)15/h4-5,8H,6-7H2,1-3H3. The number of methoxy groups -OCH3 is 1.